The fourth-order valence-electron chi connectivity index (χ4n) is 6.50. The number of nitrogens with one attached hydrogen (secondary N) is 1. The van der Waals surface area contributed by atoms with Gasteiger partial charge in [0.1, 0.15) is 11.5 Å². The zero-order valence-corrected chi connectivity index (χ0v) is 22.0. The molecule has 8 nitrogen and oxygen atoms in total. The summed E-state index contributed by atoms with van der Waals surface area (Å²) in [5, 5.41) is 4.03. The van der Waals surface area contributed by atoms with Crippen LogP contribution in [-0.2, 0) is 17.9 Å². The third-order valence-corrected chi connectivity index (χ3v) is 8.62. The summed E-state index contributed by atoms with van der Waals surface area (Å²) < 4.78 is 19.1. The number of piperidine rings is 1. The van der Waals surface area contributed by atoms with E-state index in [4.69, 9.17) is 0 Å². The number of benzene rings is 1. The molecule has 0 unspecified atom stereocenters. The van der Waals surface area contributed by atoms with Crippen molar-refractivity contribution in [2.24, 2.45) is 5.92 Å². The number of urea groups is 1. The van der Waals surface area contributed by atoms with E-state index in [2.05, 4.69) is 21.8 Å². The number of hydrogen-bond donors (Lipinski definition) is 1. The Balaban J connectivity index is 1.28. The molecule has 3 aliphatic heterocycles. The third kappa shape index (κ3) is 3.90. The Kier molecular flexibility index (Phi) is 5.68. The van der Waals surface area contributed by atoms with Gasteiger partial charge in [-0.05, 0) is 48.6 Å². The summed E-state index contributed by atoms with van der Waals surface area (Å²) in [7, 11) is 0. The van der Waals surface area contributed by atoms with Gasteiger partial charge in [-0.25, -0.2) is 14.2 Å². The monoisotopic (exact) mass is 526 g/mol. The minimum atomic E-state index is -0.351. The minimum Gasteiger partial charge on any atom is -0.376 e. The molecular weight excluding hydrogens is 495 g/mol. The SMILES string of the molecule is CCC1CCN(C(=O)N2CCn3cc(C4=C(c5cnc6ccccn56)C(=O)CN4)c4cc(F)cc(c43)C2)CC1. The van der Waals surface area contributed by atoms with Crippen molar-refractivity contribution in [3.63, 3.8) is 0 Å². The van der Waals surface area contributed by atoms with Crippen molar-refractivity contribution in [3.8, 4) is 0 Å². The van der Waals surface area contributed by atoms with Crippen LogP contribution < -0.4 is 5.32 Å². The van der Waals surface area contributed by atoms with E-state index in [-0.39, 0.29) is 24.2 Å². The second-order valence-electron chi connectivity index (χ2n) is 10.8. The van der Waals surface area contributed by atoms with Crippen LogP contribution >= 0.6 is 0 Å². The zero-order chi connectivity index (χ0) is 26.7. The van der Waals surface area contributed by atoms with Crippen LogP contribution in [0.15, 0.2) is 48.9 Å². The number of rotatable bonds is 3. The largest absolute Gasteiger partial charge is 0.376 e. The smallest absolute Gasteiger partial charge is 0.320 e. The molecule has 0 bridgehead atoms. The van der Waals surface area contributed by atoms with Gasteiger partial charge in [0.2, 0.25) is 0 Å². The summed E-state index contributed by atoms with van der Waals surface area (Å²) >= 11 is 0. The Morgan fingerprint density at radius 3 is 2.79 bits per heavy atom. The molecule has 0 spiro atoms. The molecule has 39 heavy (non-hydrogen) atoms. The summed E-state index contributed by atoms with van der Waals surface area (Å²) in [6, 6.07) is 8.84. The van der Waals surface area contributed by atoms with Gasteiger partial charge in [-0.2, -0.15) is 0 Å². The van der Waals surface area contributed by atoms with Crippen LogP contribution in [0.4, 0.5) is 9.18 Å². The Morgan fingerprint density at radius 2 is 1.97 bits per heavy atom. The maximum Gasteiger partial charge on any atom is 0.320 e. The van der Waals surface area contributed by atoms with Crippen LogP contribution in [0.5, 0.6) is 0 Å². The molecule has 0 aliphatic carbocycles. The normalized spacial score (nSPS) is 18.4. The predicted molar refractivity (Wildman–Crippen MR) is 147 cm³/mol. The first kappa shape index (κ1) is 23.9. The number of nitrogens with zero attached hydrogens (tertiary/aromatic N) is 5. The summed E-state index contributed by atoms with van der Waals surface area (Å²) in [6.45, 7) is 5.44. The van der Waals surface area contributed by atoms with Crippen molar-refractivity contribution in [3.05, 3.63) is 71.6 Å². The van der Waals surface area contributed by atoms with E-state index in [1.54, 1.807) is 18.3 Å². The molecule has 7 rings (SSSR count). The number of pyridine rings is 1. The summed E-state index contributed by atoms with van der Waals surface area (Å²) in [5.41, 5.74) is 5.21. The Hall–Kier alpha value is -4.14. The van der Waals surface area contributed by atoms with Gasteiger partial charge in [0.15, 0.2) is 5.78 Å². The molecule has 1 N–H and O–H groups in total. The molecule has 0 radical (unpaired) electrons. The Labute approximate surface area is 225 Å². The zero-order valence-electron chi connectivity index (χ0n) is 22.0. The molecule has 3 aliphatic rings. The van der Waals surface area contributed by atoms with Crippen molar-refractivity contribution >= 4 is 39.6 Å². The molecule has 4 aromatic rings. The maximum absolute atomic E-state index is 15.1. The first-order valence-corrected chi connectivity index (χ1v) is 13.8. The van der Waals surface area contributed by atoms with Crippen molar-refractivity contribution in [2.45, 2.75) is 39.3 Å². The number of Topliss-reactive ketones (excluding diaryl/α,β-unsaturated/α-hetero) is 1. The number of aromatic nitrogens is 3. The average Bonchev–Trinajstić information content (AvgIpc) is 3.61. The highest BCUT2D eigenvalue weighted by atomic mass is 19.1. The van der Waals surface area contributed by atoms with Crippen LogP contribution in [0.25, 0.3) is 27.8 Å². The molecule has 1 saturated heterocycles. The van der Waals surface area contributed by atoms with E-state index in [9.17, 15) is 9.59 Å². The molecule has 9 heteroatoms. The van der Waals surface area contributed by atoms with Crippen molar-refractivity contribution < 1.29 is 14.0 Å². The number of fused-ring (bicyclic) bond motifs is 1. The highest BCUT2D eigenvalue weighted by Gasteiger charge is 2.32. The first-order chi connectivity index (χ1) is 19.0. The van der Waals surface area contributed by atoms with Gasteiger partial charge in [0.25, 0.3) is 0 Å². The number of hydrogen-bond acceptors (Lipinski definition) is 4. The van der Waals surface area contributed by atoms with Crippen LogP contribution in [-0.4, -0.2) is 61.7 Å². The third-order valence-electron chi connectivity index (χ3n) is 8.62. The number of carbonyl (C=O) groups is 2. The fraction of sp³-hybridized carbons (Fsp3) is 0.367. The summed E-state index contributed by atoms with van der Waals surface area (Å²) in [5.74, 6) is 0.316. The van der Waals surface area contributed by atoms with Crippen molar-refractivity contribution in [2.75, 3.05) is 26.2 Å². The maximum atomic E-state index is 15.1. The van der Waals surface area contributed by atoms with E-state index < -0.39 is 0 Å². The number of ketones is 1. The molecular formula is C30H31FN6O2. The lowest BCUT2D eigenvalue weighted by atomic mass is 9.95. The van der Waals surface area contributed by atoms with Gasteiger partial charge in [-0.3, -0.25) is 9.20 Å². The molecule has 200 valence electrons. The van der Waals surface area contributed by atoms with E-state index in [1.165, 1.54) is 0 Å². The molecule has 1 aromatic carbocycles. The van der Waals surface area contributed by atoms with Gasteiger partial charge in [-0.15, -0.1) is 0 Å². The fourth-order valence-corrected chi connectivity index (χ4v) is 6.50. The quantitative estimate of drug-likeness (QED) is 0.426. The highest BCUT2D eigenvalue weighted by molar-refractivity contribution is 6.32. The van der Waals surface area contributed by atoms with E-state index >= 15 is 4.39 Å². The van der Waals surface area contributed by atoms with Crippen LogP contribution in [0.3, 0.4) is 0 Å². The predicted octanol–water partition coefficient (Wildman–Crippen LogP) is 4.53. The molecule has 0 atom stereocenters. The highest BCUT2D eigenvalue weighted by Crippen LogP contribution is 2.37. The van der Waals surface area contributed by atoms with Crippen LogP contribution in [0.2, 0.25) is 0 Å². The lowest BCUT2D eigenvalue weighted by Gasteiger charge is -2.35. The van der Waals surface area contributed by atoms with E-state index in [1.807, 2.05) is 44.8 Å². The lowest BCUT2D eigenvalue weighted by Crippen LogP contribution is -2.46. The molecule has 0 saturated carbocycles. The second-order valence-corrected chi connectivity index (χ2v) is 10.8. The topological polar surface area (TPSA) is 74.9 Å². The van der Waals surface area contributed by atoms with Gasteiger partial charge < -0.3 is 19.7 Å². The van der Waals surface area contributed by atoms with Gasteiger partial charge in [-0.1, -0.05) is 19.4 Å². The van der Waals surface area contributed by atoms with Gasteiger partial charge in [0.05, 0.1) is 35.2 Å². The van der Waals surface area contributed by atoms with Crippen LogP contribution in [0.1, 0.15) is 43.0 Å². The van der Waals surface area contributed by atoms with Gasteiger partial charge in [0, 0.05) is 56.1 Å². The number of imidazole rings is 1. The number of amides is 2. The molecule has 2 amide bonds. The number of carbonyl (C=O) groups excluding carboxylic acids is 2. The van der Waals surface area contributed by atoms with E-state index in [0.717, 1.165) is 60.0 Å². The summed E-state index contributed by atoms with van der Waals surface area (Å²) in [6.07, 6.45) is 8.85. The Morgan fingerprint density at radius 1 is 1.13 bits per heavy atom. The molecule has 6 heterocycles. The number of likely N-dealkylation sites (tertiary alicyclic amines) is 1. The lowest BCUT2D eigenvalue weighted by molar-refractivity contribution is -0.112. The minimum absolute atomic E-state index is 0.0242. The second kappa shape index (κ2) is 9.25. The van der Waals surface area contributed by atoms with Crippen LogP contribution in [0, 0.1) is 11.7 Å². The van der Waals surface area contributed by atoms with Gasteiger partial charge >= 0.3 is 6.03 Å². The van der Waals surface area contributed by atoms with Crippen molar-refractivity contribution in [1.82, 2.24) is 29.1 Å². The van der Waals surface area contributed by atoms with Crippen molar-refractivity contribution in [1.29, 1.82) is 0 Å². The Bertz CT molecular complexity index is 1660. The average molecular weight is 527 g/mol. The van der Waals surface area contributed by atoms with E-state index in [0.29, 0.717) is 42.5 Å². The number of halogens is 1. The summed E-state index contributed by atoms with van der Waals surface area (Å²) in [4.78, 5) is 34.9. The molecule has 1 fully saturated rings. The standard InChI is InChI=1S/C30H31FN6O2/c1-2-19-6-9-34(10-7-19)30(39)36-12-11-35-18-23(22-14-21(31)13-20(17-36)29(22)35)28-27(25(38)16-33-28)24-15-32-26-5-3-4-8-37(24)26/h3-5,8,13-15,18-19,33H,2,6-7,9-12,16-17H2,1H3. The first-order valence-electron chi connectivity index (χ1n) is 13.8. The molecule has 3 aromatic heterocycles.